The van der Waals surface area contributed by atoms with Crippen LogP contribution in [0.25, 0.3) is 0 Å². The van der Waals surface area contributed by atoms with Gasteiger partial charge in [0, 0.05) is 19.6 Å². The zero-order valence-corrected chi connectivity index (χ0v) is 19.1. The predicted octanol–water partition coefficient (Wildman–Crippen LogP) is 2.76. The summed E-state index contributed by atoms with van der Waals surface area (Å²) in [6.07, 6.45) is -0.0839. The van der Waals surface area contributed by atoms with E-state index in [0.717, 1.165) is 5.56 Å². The normalized spacial score (nSPS) is 12.7. The Hall–Kier alpha value is -1.65. The first-order valence-electron chi connectivity index (χ1n) is 9.06. The number of hydrogen-bond acceptors (Lipinski definition) is 4. The molecule has 0 aromatic heterocycles. The Morgan fingerprint density at radius 1 is 1.04 bits per heavy atom. The van der Waals surface area contributed by atoms with Crippen molar-refractivity contribution in [3.8, 4) is 0 Å². The van der Waals surface area contributed by atoms with Gasteiger partial charge >= 0.3 is 0 Å². The van der Waals surface area contributed by atoms with Gasteiger partial charge in [0.2, 0.25) is 0 Å². The predicted molar refractivity (Wildman–Crippen MR) is 124 cm³/mol. The lowest BCUT2D eigenvalue weighted by Crippen LogP contribution is -2.39. The summed E-state index contributed by atoms with van der Waals surface area (Å²) >= 11 is 0. The largest absolute Gasteiger partial charge is 0.388 e. The quantitative estimate of drug-likeness (QED) is 0.271. The number of hydrogen-bond donors (Lipinski definition) is 3. The summed E-state index contributed by atoms with van der Waals surface area (Å²) in [6, 6.07) is 17.9. The Labute approximate surface area is 184 Å². The molecule has 0 saturated heterocycles. The van der Waals surface area contributed by atoms with Gasteiger partial charge in [0.1, 0.15) is 0 Å². The Balaban J connectivity index is 0.00000392. The molecule has 154 valence electrons. The summed E-state index contributed by atoms with van der Waals surface area (Å²) in [4.78, 5) is 4.73. The van der Waals surface area contributed by atoms with Crippen LogP contribution in [0.2, 0.25) is 0 Å². The average molecular weight is 517 g/mol. The van der Waals surface area contributed by atoms with Crippen molar-refractivity contribution in [1.82, 2.24) is 10.6 Å². The van der Waals surface area contributed by atoms with Crippen LogP contribution in [0.5, 0.6) is 0 Å². The van der Waals surface area contributed by atoms with E-state index in [1.807, 2.05) is 37.3 Å². The number of nitrogens with zero attached hydrogens (tertiary/aromatic N) is 1. The van der Waals surface area contributed by atoms with Gasteiger partial charge in [0.05, 0.1) is 16.8 Å². The van der Waals surface area contributed by atoms with E-state index in [0.29, 0.717) is 30.4 Å². The van der Waals surface area contributed by atoms with Gasteiger partial charge in [-0.25, -0.2) is 8.42 Å². The van der Waals surface area contributed by atoms with E-state index in [2.05, 4.69) is 15.6 Å². The summed E-state index contributed by atoms with van der Waals surface area (Å²) < 4.78 is 24.6. The molecule has 0 heterocycles. The number of benzene rings is 2. The van der Waals surface area contributed by atoms with Crippen molar-refractivity contribution in [1.29, 1.82) is 0 Å². The summed E-state index contributed by atoms with van der Waals surface area (Å²) in [5, 5.41) is 16.3. The summed E-state index contributed by atoms with van der Waals surface area (Å²) in [6.45, 7) is 3.29. The molecule has 2 aromatic rings. The maximum atomic E-state index is 12.3. The molecule has 0 aliphatic heterocycles. The zero-order chi connectivity index (χ0) is 19.5. The molecule has 1 unspecified atom stereocenters. The van der Waals surface area contributed by atoms with Crippen molar-refractivity contribution < 1.29 is 13.5 Å². The lowest BCUT2D eigenvalue weighted by atomic mass is 10.1. The number of aliphatic imine (C=N–C) groups is 1. The van der Waals surface area contributed by atoms with Crippen LogP contribution < -0.4 is 10.6 Å². The van der Waals surface area contributed by atoms with Gasteiger partial charge < -0.3 is 15.7 Å². The van der Waals surface area contributed by atoms with Crippen LogP contribution in [0, 0.1) is 0 Å². The molecule has 0 saturated carbocycles. The number of rotatable bonds is 9. The lowest BCUT2D eigenvalue weighted by molar-refractivity contribution is 0.170. The van der Waals surface area contributed by atoms with E-state index in [4.69, 9.17) is 0 Å². The first-order valence-corrected chi connectivity index (χ1v) is 10.7. The van der Waals surface area contributed by atoms with E-state index >= 15 is 0 Å². The molecule has 8 heteroatoms. The highest BCUT2D eigenvalue weighted by molar-refractivity contribution is 14.0. The highest BCUT2D eigenvalue weighted by Crippen LogP contribution is 2.15. The van der Waals surface area contributed by atoms with Gasteiger partial charge in [0.25, 0.3) is 0 Å². The molecule has 0 aliphatic rings. The van der Waals surface area contributed by atoms with Crippen molar-refractivity contribution in [3.05, 3.63) is 66.2 Å². The van der Waals surface area contributed by atoms with Crippen molar-refractivity contribution >= 4 is 39.8 Å². The van der Waals surface area contributed by atoms with E-state index in [-0.39, 0.29) is 36.3 Å². The summed E-state index contributed by atoms with van der Waals surface area (Å²) in [5.74, 6) is 0.523. The van der Waals surface area contributed by atoms with Crippen LogP contribution in [-0.4, -0.2) is 44.9 Å². The smallest absolute Gasteiger partial charge is 0.191 e. The van der Waals surface area contributed by atoms with E-state index in [9.17, 15) is 13.5 Å². The fraction of sp³-hybridized carbons (Fsp3) is 0.350. The molecular formula is C20H28IN3O3S. The third-order valence-electron chi connectivity index (χ3n) is 3.97. The van der Waals surface area contributed by atoms with Gasteiger partial charge in [-0.1, -0.05) is 48.5 Å². The molecule has 0 radical (unpaired) electrons. The lowest BCUT2D eigenvalue weighted by Gasteiger charge is -2.13. The first kappa shape index (κ1) is 24.4. The molecule has 0 bridgehead atoms. The molecule has 0 fully saturated rings. The van der Waals surface area contributed by atoms with Crippen LogP contribution in [0.3, 0.4) is 0 Å². The molecule has 2 rings (SSSR count). The van der Waals surface area contributed by atoms with Crippen molar-refractivity contribution in [3.63, 3.8) is 0 Å². The van der Waals surface area contributed by atoms with E-state index < -0.39 is 15.9 Å². The van der Waals surface area contributed by atoms with Gasteiger partial charge in [-0.3, -0.25) is 4.99 Å². The van der Waals surface area contributed by atoms with E-state index in [1.165, 1.54) is 0 Å². The second-order valence-corrected chi connectivity index (χ2v) is 8.14. The Kier molecular flexibility index (Phi) is 11.1. The molecule has 3 N–H and O–H groups in total. The number of halogens is 1. The standard InChI is InChI=1S/C20H27N3O3S.HI/c1-2-21-20(22-14-13-19(24)17-9-5-3-6-10-17)23-15-16-27(25,26)18-11-7-4-8-12-18;/h3-12,19,24H,2,13-16H2,1H3,(H2,21,22,23);1H. The van der Waals surface area contributed by atoms with Crippen molar-refractivity contribution in [2.24, 2.45) is 4.99 Å². The fourth-order valence-corrected chi connectivity index (χ4v) is 3.71. The zero-order valence-electron chi connectivity index (χ0n) is 15.9. The second-order valence-electron chi connectivity index (χ2n) is 6.03. The van der Waals surface area contributed by atoms with Gasteiger partial charge in [-0.2, -0.15) is 0 Å². The highest BCUT2D eigenvalue weighted by Gasteiger charge is 2.13. The molecule has 6 nitrogen and oxygen atoms in total. The summed E-state index contributed by atoms with van der Waals surface area (Å²) in [7, 11) is -3.33. The highest BCUT2D eigenvalue weighted by atomic mass is 127. The topological polar surface area (TPSA) is 90.8 Å². The van der Waals surface area contributed by atoms with Crippen molar-refractivity contribution in [2.75, 3.05) is 25.4 Å². The Bertz CT molecular complexity index is 815. The number of aliphatic hydroxyl groups is 1. The van der Waals surface area contributed by atoms with Crippen LogP contribution >= 0.6 is 24.0 Å². The fourth-order valence-electron chi connectivity index (χ4n) is 2.53. The minimum absolute atomic E-state index is 0. The van der Waals surface area contributed by atoms with Crippen LogP contribution in [0.1, 0.15) is 25.0 Å². The number of guanidine groups is 1. The minimum atomic E-state index is -3.33. The molecule has 0 amide bonds. The Morgan fingerprint density at radius 2 is 1.64 bits per heavy atom. The number of aliphatic hydroxyl groups excluding tert-OH is 1. The van der Waals surface area contributed by atoms with Gasteiger partial charge in [-0.15, -0.1) is 24.0 Å². The monoisotopic (exact) mass is 517 g/mol. The molecule has 2 aromatic carbocycles. The van der Waals surface area contributed by atoms with E-state index in [1.54, 1.807) is 30.3 Å². The van der Waals surface area contributed by atoms with Gasteiger partial charge in [0.15, 0.2) is 15.8 Å². The third-order valence-corrected chi connectivity index (χ3v) is 5.70. The Morgan fingerprint density at radius 3 is 2.25 bits per heavy atom. The molecule has 28 heavy (non-hydrogen) atoms. The van der Waals surface area contributed by atoms with Crippen LogP contribution in [-0.2, 0) is 9.84 Å². The maximum Gasteiger partial charge on any atom is 0.191 e. The van der Waals surface area contributed by atoms with Gasteiger partial charge in [-0.05, 0) is 31.0 Å². The van der Waals surface area contributed by atoms with Crippen LogP contribution in [0.4, 0.5) is 0 Å². The van der Waals surface area contributed by atoms with Crippen LogP contribution in [0.15, 0.2) is 70.6 Å². The number of nitrogens with one attached hydrogen (secondary N) is 2. The molecular weight excluding hydrogens is 489 g/mol. The third kappa shape index (κ3) is 8.15. The molecule has 0 spiro atoms. The van der Waals surface area contributed by atoms with Crippen molar-refractivity contribution in [2.45, 2.75) is 24.3 Å². The maximum absolute atomic E-state index is 12.3. The molecule has 1 atom stereocenters. The first-order chi connectivity index (χ1) is 13.0. The number of sulfone groups is 1. The second kappa shape index (κ2) is 12.7. The minimum Gasteiger partial charge on any atom is -0.388 e. The molecule has 0 aliphatic carbocycles. The summed E-state index contributed by atoms with van der Waals surface area (Å²) in [5.41, 5.74) is 0.861. The average Bonchev–Trinajstić information content (AvgIpc) is 2.69. The SMILES string of the molecule is CCNC(=NCCC(O)c1ccccc1)NCCS(=O)(=O)c1ccccc1.I.